The van der Waals surface area contributed by atoms with Crippen molar-refractivity contribution in [2.45, 2.75) is 19.8 Å². The number of anilines is 1. The van der Waals surface area contributed by atoms with Crippen molar-refractivity contribution in [3.63, 3.8) is 0 Å². The van der Waals surface area contributed by atoms with Crippen LogP contribution >= 0.6 is 0 Å². The molecule has 1 unspecified atom stereocenters. The number of hydrogen-bond donors (Lipinski definition) is 2. The largest absolute Gasteiger partial charge is 0.353 e. The van der Waals surface area contributed by atoms with E-state index in [2.05, 4.69) is 20.7 Å². The van der Waals surface area contributed by atoms with Crippen LogP contribution in [-0.2, 0) is 0 Å². The lowest BCUT2D eigenvalue weighted by atomic mass is 10.00. The first-order valence-corrected chi connectivity index (χ1v) is 6.60. The fourth-order valence-corrected chi connectivity index (χ4v) is 2.44. The maximum atomic E-state index is 4.48. The van der Waals surface area contributed by atoms with Gasteiger partial charge >= 0.3 is 0 Å². The Bertz CT molecular complexity index is 527. The normalized spacial score (nSPS) is 20.2. The predicted molar refractivity (Wildman–Crippen MR) is 71.8 cm³/mol. The Morgan fingerprint density at radius 1 is 1.50 bits per heavy atom. The van der Waals surface area contributed by atoms with Crippen LogP contribution in [0, 0.1) is 12.8 Å². The van der Waals surface area contributed by atoms with Crippen LogP contribution in [0.5, 0.6) is 0 Å². The molecule has 2 aromatic heterocycles. The third-order valence-electron chi connectivity index (χ3n) is 3.50. The summed E-state index contributed by atoms with van der Waals surface area (Å²) in [5.74, 6) is 1.42. The van der Waals surface area contributed by atoms with Gasteiger partial charge < -0.3 is 10.6 Å². The summed E-state index contributed by atoms with van der Waals surface area (Å²) >= 11 is 0. The molecule has 96 valence electrons. The minimum atomic E-state index is 0.687. The van der Waals surface area contributed by atoms with E-state index in [1.807, 2.05) is 29.6 Å². The first-order valence-electron chi connectivity index (χ1n) is 6.60. The molecule has 0 spiro atoms. The zero-order valence-corrected chi connectivity index (χ0v) is 10.7. The Hall–Kier alpha value is -1.62. The summed E-state index contributed by atoms with van der Waals surface area (Å²) in [6, 6.07) is 6.03. The second-order valence-electron chi connectivity index (χ2n) is 4.97. The lowest BCUT2D eigenvalue weighted by Gasteiger charge is -2.22. The summed E-state index contributed by atoms with van der Waals surface area (Å²) in [4.78, 5) is 4.48. The maximum Gasteiger partial charge on any atom is 0.243 e. The second kappa shape index (κ2) is 4.94. The van der Waals surface area contributed by atoms with Crippen molar-refractivity contribution in [1.82, 2.24) is 19.9 Å². The van der Waals surface area contributed by atoms with Crippen molar-refractivity contribution >= 4 is 11.6 Å². The third-order valence-corrected chi connectivity index (χ3v) is 3.50. The Morgan fingerprint density at radius 2 is 2.44 bits per heavy atom. The SMILES string of the molecule is Cc1cccc2nc(NCC3CCCNC3)nn12. The van der Waals surface area contributed by atoms with E-state index < -0.39 is 0 Å². The molecular formula is C13H19N5. The van der Waals surface area contributed by atoms with Gasteiger partial charge in [-0.3, -0.25) is 0 Å². The van der Waals surface area contributed by atoms with Gasteiger partial charge in [-0.1, -0.05) is 6.07 Å². The summed E-state index contributed by atoms with van der Waals surface area (Å²) in [5, 5.41) is 11.2. The molecule has 3 rings (SSSR count). The monoisotopic (exact) mass is 245 g/mol. The summed E-state index contributed by atoms with van der Waals surface area (Å²) in [6.45, 7) is 5.24. The Morgan fingerprint density at radius 3 is 3.22 bits per heavy atom. The van der Waals surface area contributed by atoms with Gasteiger partial charge in [-0.05, 0) is 50.9 Å². The van der Waals surface area contributed by atoms with Gasteiger partial charge in [0.2, 0.25) is 5.95 Å². The molecule has 18 heavy (non-hydrogen) atoms. The molecule has 5 nitrogen and oxygen atoms in total. The van der Waals surface area contributed by atoms with E-state index in [-0.39, 0.29) is 0 Å². The summed E-state index contributed by atoms with van der Waals surface area (Å²) in [6.07, 6.45) is 2.55. The van der Waals surface area contributed by atoms with E-state index in [1.165, 1.54) is 12.8 Å². The van der Waals surface area contributed by atoms with Crippen molar-refractivity contribution in [2.24, 2.45) is 5.92 Å². The van der Waals surface area contributed by atoms with Crippen molar-refractivity contribution in [3.05, 3.63) is 23.9 Å². The van der Waals surface area contributed by atoms with Gasteiger partial charge in [0.05, 0.1) is 0 Å². The molecule has 0 amide bonds. The molecule has 0 aliphatic carbocycles. The van der Waals surface area contributed by atoms with Crippen LogP contribution in [0.4, 0.5) is 5.95 Å². The second-order valence-corrected chi connectivity index (χ2v) is 4.97. The molecule has 1 aliphatic rings. The molecule has 0 radical (unpaired) electrons. The number of rotatable bonds is 3. The molecule has 3 heterocycles. The highest BCUT2D eigenvalue weighted by atomic mass is 15.3. The quantitative estimate of drug-likeness (QED) is 0.859. The molecule has 1 fully saturated rings. The van der Waals surface area contributed by atoms with Crippen LogP contribution in [0.3, 0.4) is 0 Å². The van der Waals surface area contributed by atoms with Crippen molar-refractivity contribution in [1.29, 1.82) is 0 Å². The number of aryl methyl sites for hydroxylation is 1. The molecule has 1 atom stereocenters. The van der Waals surface area contributed by atoms with Gasteiger partial charge in [0.15, 0.2) is 5.65 Å². The van der Waals surface area contributed by atoms with E-state index >= 15 is 0 Å². The molecule has 0 bridgehead atoms. The molecular weight excluding hydrogens is 226 g/mol. The smallest absolute Gasteiger partial charge is 0.243 e. The van der Waals surface area contributed by atoms with Gasteiger partial charge in [0.25, 0.3) is 0 Å². The molecule has 5 heteroatoms. The third kappa shape index (κ3) is 2.31. The first-order chi connectivity index (χ1) is 8.83. The lowest BCUT2D eigenvalue weighted by molar-refractivity contribution is 0.392. The van der Waals surface area contributed by atoms with Gasteiger partial charge in [-0.15, -0.1) is 5.10 Å². The molecule has 2 N–H and O–H groups in total. The fourth-order valence-electron chi connectivity index (χ4n) is 2.44. The first kappa shape index (κ1) is 11.5. The van der Waals surface area contributed by atoms with Gasteiger partial charge in [-0.25, -0.2) is 4.52 Å². The van der Waals surface area contributed by atoms with E-state index in [0.717, 1.165) is 36.9 Å². The van der Waals surface area contributed by atoms with Gasteiger partial charge in [0.1, 0.15) is 0 Å². The van der Waals surface area contributed by atoms with E-state index in [9.17, 15) is 0 Å². The van der Waals surface area contributed by atoms with Gasteiger partial charge in [-0.2, -0.15) is 4.98 Å². The predicted octanol–water partition coefficient (Wildman–Crippen LogP) is 1.45. The lowest BCUT2D eigenvalue weighted by Crippen LogP contribution is -2.33. The van der Waals surface area contributed by atoms with Crippen molar-refractivity contribution < 1.29 is 0 Å². The Labute approximate surface area is 107 Å². The number of fused-ring (bicyclic) bond motifs is 1. The van der Waals surface area contributed by atoms with Crippen LogP contribution in [0.2, 0.25) is 0 Å². The van der Waals surface area contributed by atoms with Crippen LogP contribution in [-0.4, -0.2) is 34.2 Å². The Kier molecular flexibility index (Phi) is 3.15. The number of nitrogens with one attached hydrogen (secondary N) is 2. The molecule has 0 saturated carbocycles. The summed E-state index contributed by atoms with van der Waals surface area (Å²) < 4.78 is 1.88. The topological polar surface area (TPSA) is 54.2 Å². The standard InChI is InChI=1S/C13H19N5/c1-10-4-2-6-12-16-13(17-18(10)12)15-9-11-5-3-7-14-8-11/h2,4,6,11,14H,3,5,7-9H2,1H3,(H,15,17). The maximum absolute atomic E-state index is 4.48. The zero-order valence-electron chi connectivity index (χ0n) is 10.7. The minimum absolute atomic E-state index is 0.687. The minimum Gasteiger partial charge on any atom is -0.353 e. The van der Waals surface area contributed by atoms with Crippen LogP contribution in [0.25, 0.3) is 5.65 Å². The number of pyridine rings is 1. The summed E-state index contributed by atoms with van der Waals surface area (Å²) in [7, 11) is 0. The van der Waals surface area contributed by atoms with Crippen LogP contribution in [0.15, 0.2) is 18.2 Å². The highest BCUT2D eigenvalue weighted by molar-refractivity contribution is 5.44. The fraction of sp³-hybridized carbons (Fsp3) is 0.538. The summed E-state index contributed by atoms with van der Waals surface area (Å²) in [5.41, 5.74) is 2.01. The van der Waals surface area contributed by atoms with Crippen molar-refractivity contribution in [3.8, 4) is 0 Å². The van der Waals surface area contributed by atoms with E-state index in [4.69, 9.17) is 0 Å². The highest BCUT2D eigenvalue weighted by Crippen LogP contribution is 2.12. The molecule has 1 aliphatic heterocycles. The highest BCUT2D eigenvalue weighted by Gasteiger charge is 2.13. The molecule has 0 aromatic carbocycles. The number of piperidine rings is 1. The van der Waals surface area contributed by atoms with E-state index in [1.54, 1.807) is 0 Å². The molecule has 2 aromatic rings. The van der Waals surface area contributed by atoms with Crippen LogP contribution < -0.4 is 10.6 Å². The number of hydrogen-bond acceptors (Lipinski definition) is 4. The number of nitrogens with zero attached hydrogens (tertiary/aromatic N) is 3. The van der Waals surface area contributed by atoms with Crippen LogP contribution in [0.1, 0.15) is 18.5 Å². The van der Waals surface area contributed by atoms with Crippen molar-refractivity contribution in [2.75, 3.05) is 25.0 Å². The zero-order chi connectivity index (χ0) is 12.4. The van der Waals surface area contributed by atoms with E-state index in [0.29, 0.717) is 5.92 Å². The molecule has 1 saturated heterocycles. The average molecular weight is 245 g/mol. The number of aromatic nitrogens is 3. The van der Waals surface area contributed by atoms with Gasteiger partial charge in [0, 0.05) is 12.2 Å². The Balaban J connectivity index is 1.69. The average Bonchev–Trinajstić information content (AvgIpc) is 2.82.